The predicted molar refractivity (Wildman–Crippen MR) is 64.1 cm³/mol. The zero-order chi connectivity index (χ0) is 12.0. The van der Waals surface area contributed by atoms with Crippen molar-refractivity contribution in [2.75, 3.05) is 13.1 Å². The van der Waals surface area contributed by atoms with Gasteiger partial charge in [-0.05, 0) is 25.8 Å². The number of aromatic nitrogens is 2. The summed E-state index contributed by atoms with van der Waals surface area (Å²) in [5.41, 5.74) is 0. The lowest BCUT2D eigenvalue weighted by Crippen LogP contribution is -2.37. The third-order valence-electron chi connectivity index (χ3n) is 2.58. The third kappa shape index (κ3) is 3.08. The maximum Gasteiger partial charge on any atom is 0.247 e. The van der Waals surface area contributed by atoms with Crippen molar-refractivity contribution >= 4 is 5.91 Å². The number of amides is 1. The molecule has 0 aliphatic heterocycles. The Morgan fingerprint density at radius 1 is 1.38 bits per heavy atom. The lowest BCUT2D eigenvalue weighted by atomic mass is 10.2. The maximum atomic E-state index is 12.2. The van der Waals surface area contributed by atoms with Gasteiger partial charge in [0.2, 0.25) is 5.91 Å². The van der Waals surface area contributed by atoms with Crippen LogP contribution in [-0.4, -0.2) is 33.7 Å². The molecule has 0 aliphatic rings. The Morgan fingerprint density at radius 3 is 2.44 bits per heavy atom. The van der Waals surface area contributed by atoms with Crippen LogP contribution in [0.15, 0.2) is 18.5 Å². The van der Waals surface area contributed by atoms with Crippen molar-refractivity contribution in [2.45, 2.75) is 39.7 Å². The lowest BCUT2D eigenvalue weighted by molar-refractivity contribution is -0.134. The molecule has 1 atom stereocenters. The summed E-state index contributed by atoms with van der Waals surface area (Å²) in [5.74, 6) is 0.160. The topological polar surface area (TPSA) is 38.1 Å². The van der Waals surface area contributed by atoms with Crippen molar-refractivity contribution in [1.82, 2.24) is 14.7 Å². The summed E-state index contributed by atoms with van der Waals surface area (Å²) < 4.78 is 1.71. The molecular weight excluding hydrogens is 202 g/mol. The summed E-state index contributed by atoms with van der Waals surface area (Å²) in [6.45, 7) is 7.74. The van der Waals surface area contributed by atoms with Crippen LogP contribution in [0.4, 0.5) is 0 Å². The van der Waals surface area contributed by atoms with E-state index in [0.717, 1.165) is 25.9 Å². The smallest absolute Gasteiger partial charge is 0.247 e. The van der Waals surface area contributed by atoms with Crippen LogP contribution in [0.2, 0.25) is 0 Å². The van der Waals surface area contributed by atoms with Gasteiger partial charge in [-0.15, -0.1) is 0 Å². The lowest BCUT2D eigenvalue weighted by Gasteiger charge is -2.25. The van der Waals surface area contributed by atoms with Crippen LogP contribution < -0.4 is 0 Å². The second-order valence-electron chi connectivity index (χ2n) is 3.99. The Kier molecular flexibility index (Phi) is 5.02. The van der Waals surface area contributed by atoms with Crippen molar-refractivity contribution in [3.05, 3.63) is 18.5 Å². The highest BCUT2D eigenvalue weighted by Gasteiger charge is 2.20. The molecule has 0 aromatic carbocycles. The Bertz CT molecular complexity index is 302. The molecule has 4 nitrogen and oxygen atoms in total. The molecule has 0 saturated heterocycles. The van der Waals surface area contributed by atoms with E-state index in [2.05, 4.69) is 18.9 Å². The van der Waals surface area contributed by atoms with E-state index in [0.29, 0.717) is 0 Å². The van der Waals surface area contributed by atoms with E-state index < -0.39 is 0 Å². The minimum absolute atomic E-state index is 0.160. The fraction of sp³-hybridized carbons (Fsp3) is 0.667. The number of carbonyl (C=O) groups excluding carboxylic acids is 1. The van der Waals surface area contributed by atoms with Gasteiger partial charge in [-0.3, -0.25) is 9.48 Å². The third-order valence-corrected chi connectivity index (χ3v) is 2.58. The molecular formula is C12H21N3O. The van der Waals surface area contributed by atoms with Gasteiger partial charge in [0.25, 0.3) is 0 Å². The standard InChI is InChI=1S/C12H21N3O/c1-4-8-14(9-5-2)12(16)11(3)15-10-6-7-13-15/h6-7,10-11H,4-5,8-9H2,1-3H3. The van der Waals surface area contributed by atoms with Gasteiger partial charge in [-0.25, -0.2) is 0 Å². The zero-order valence-corrected chi connectivity index (χ0v) is 10.4. The first-order valence-electron chi connectivity index (χ1n) is 5.98. The molecule has 1 aromatic heterocycles. The summed E-state index contributed by atoms with van der Waals surface area (Å²) in [6, 6.07) is 1.64. The van der Waals surface area contributed by atoms with E-state index in [-0.39, 0.29) is 11.9 Å². The molecule has 0 aliphatic carbocycles. The van der Waals surface area contributed by atoms with Gasteiger partial charge in [0.1, 0.15) is 6.04 Å². The summed E-state index contributed by atoms with van der Waals surface area (Å²) >= 11 is 0. The van der Waals surface area contributed by atoms with Crippen molar-refractivity contribution in [3.8, 4) is 0 Å². The minimum Gasteiger partial charge on any atom is -0.341 e. The second-order valence-corrected chi connectivity index (χ2v) is 3.99. The molecule has 16 heavy (non-hydrogen) atoms. The quantitative estimate of drug-likeness (QED) is 0.740. The highest BCUT2D eigenvalue weighted by atomic mass is 16.2. The first-order valence-corrected chi connectivity index (χ1v) is 5.98. The van der Waals surface area contributed by atoms with E-state index in [9.17, 15) is 4.79 Å². The number of hydrogen-bond acceptors (Lipinski definition) is 2. The molecule has 1 unspecified atom stereocenters. The van der Waals surface area contributed by atoms with E-state index in [4.69, 9.17) is 0 Å². The van der Waals surface area contributed by atoms with Gasteiger partial charge in [0.05, 0.1) is 0 Å². The SMILES string of the molecule is CCCN(CCC)C(=O)C(C)n1cccn1. The van der Waals surface area contributed by atoms with E-state index >= 15 is 0 Å². The van der Waals surface area contributed by atoms with Crippen LogP contribution in [-0.2, 0) is 4.79 Å². The highest BCUT2D eigenvalue weighted by Crippen LogP contribution is 2.09. The number of carbonyl (C=O) groups is 1. The van der Waals surface area contributed by atoms with Gasteiger partial charge in [0.15, 0.2) is 0 Å². The molecule has 0 bridgehead atoms. The molecule has 90 valence electrons. The first kappa shape index (κ1) is 12.7. The highest BCUT2D eigenvalue weighted by molar-refractivity contribution is 5.79. The molecule has 0 spiro atoms. The molecule has 0 N–H and O–H groups in total. The molecule has 0 fully saturated rings. The summed E-state index contributed by atoms with van der Waals surface area (Å²) in [4.78, 5) is 14.1. The van der Waals surface area contributed by atoms with Gasteiger partial charge < -0.3 is 4.90 Å². The number of rotatable bonds is 6. The van der Waals surface area contributed by atoms with Crippen LogP contribution in [0.3, 0.4) is 0 Å². The van der Waals surface area contributed by atoms with E-state index in [1.807, 2.05) is 24.1 Å². The largest absolute Gasteiger partial charge is 0.341 e. The van der Waals surface area contributed by atoms with Crippen LogP contribution in [0, 0.1) is 0 Å². The van der Waals surface area contributed by atoms with Crippen molar-refractivity contribution < 1.29 is 4.79 Å². The van der Waals surface area contributed by atoms with Crippen LogP contribution in [0.5, 0.6) is 0 Å². The van der Waals surface area contributed by atoms with Crippen LogP contribution >= 0.6 is 0 Å². The molecule has 1 amide bonds. The monoisotopic (exact) mass is 223 g/mol. The average Bonchev–Trinajstić information content (AvgIpc) is 2.80. The number of hydrogen-bond donors (Lipinski definition) is 0. The Labute approximate surface area is 97.2 Å². The summed E-state index contributed by atoms with van der Waals surface area (Å²) in [6.07, 6.45) is 5.53. The molecule has 4 heteroatoms. The molecule has 1 heterocycles. The van der Waals surface area contributed by atoms with Gasteiger partial charge in [-0.2, -0.15) is 5.10 Å². The van der Waals surface area contributed by atoms with Crippen molar-refractivity contribution in [3.63, 3.8) is 0 Å². The molecule has 1 rings (SSSR count). The average molecular weight is 223 g/mol. The Morgan fingerprint density at radius 2 is 2.00 bits per heavy atom. The minimum atomic E-state index is -0.201. The van der Waals surface area contributed by atoms with Gasteiger partial charge in [-0.1, -0.05) is 13.8 Å². The van der Waals surface area contributed by atoms with Gasteiger partial charge >= 0.3 is 0 Å². The maximum absolute atomic E-state index is 12.2. The molecule has 1 aromatic rings. The zero-order valence-electron chi connectivity index (χ0n) is 10.4. The first-order chi connectivity index (χ1) is 7.70. The van der Waals surface area contributed by atoms with Crippen LogP contribution in [0.25, 0.3) is 0 Å². The van der Waals surface area contributed by atoms with Crippen LogP contribution in [0.1, 0.15) is 39.7 Å². The fourth-order valence-electron chi connectivity index (χ4n) is 1.76. The fourth-order valence-corrected chi connectivity index (χ4v) is 1.76. The molecule has 0 saturated carbocycles. The number of nitrogens with zero attached hydrogens (tertiary/aromatic N) is 3. The molecule has 0 radical (unpaired) electrons. The van der Waals surface area contributed by atoms with Crippen molar-refractivity contribution in [1.29, 1.82) is 0 Å². The Balaban J connectivity index is 2.66. The predicted octanol–water partition coefficient (Wildman–Crippen LogP) is 2.09. The van der Waals surface area contributed by atoms with Crippen molar-refractivity contribution in [2.24, 2.45) is 0 Å². The normalized spacial score (nSPS) is 12.4. The van der Waals surface area contributed by atoms with Gasteiger partial charge in [0, 0.05) is 25.5 Å². The summed E-state index contributed by atoms with van der Waals surface area (Å²) in [7, 11) is 0. The van der Waals surface area contributed by atoms with E-state index in [1.165, 1.54) is 0 Å². The summed E-state index contributed by atoms with van der Waals surface area (Å²) in [5, 5.41) is 4.11. The van der Waals surface area contributed by atoms with E-state index in [1.54, 1.807) is 10.9 Å². The second kappa shape index (κ2) is 6.30. The Hall–Kier alpha value is -1.32.